The summed E-state index contributed by atoms with van der Waals surface area (Å²) in [4.78, 5) is 29.3. The van der Waals surface area contributed by atoms with Crippen molar-refractivity contribution in [2.24, 2.45) is 0 Å². The smallest absolute Gasteiger partial charge is 0.244 e. The number of carbonyl (C=O) groups excluding carboxylic acids is 2. The van der Waals surface area contributed by atoms with Gasteiger partial charge < -0.3 is 10.2 Å². The fourth-order valence-electron chi connectivity index (χ4n) is 4.28. The van der Waals surface area contributed by atoms with Crippen LogP contribution in [-0.2, 0) is 32.6 Å². The van der Waals surface area contributed by atoms with Gasteiger partial charge in [-0.15, -0.1) is 0 Å². The highest BCUT2D eigenvalue weighted by atomic mass is 79.9. The monoisotopic (exact) mass is 627 g/mol. The van der Waals surface area contributed by atoms with Gasteiger partial charge in [0.2, 0.25) is 21.8 Å². The SMILES string of the molecule is CCC(C)NC(=O)C(Cc1ccccc1)N(Cc1ccc(C)cc1)C(=O)CN(c1ccc(Br)c(C)c1)S(C)(=O)=O. The molecular weight excluding hydrogens is 590 g/mol. The van der Waals surface area contributed by atoms with Crippen LogP contribution in [0.1, 0.15) is 42.5 Å². The number of hydrogen-bond acceptors (Lipinski definition) is 4. The van der Waals surface area contributed by atoms with E-state index < -0.39 is 28.5 Å². The summed E-state index contributed by atoms with van der Waals surface area (Å²) in [5.41, 5.74) is 4.04. The average Bonchev–Trinajstić information content (AvgIpc) is 2.91. The molecule has 0 fully saturated rings. The molecule has 0 saturated carbocycles. The van der Waals surface area contributed by atoms with Gasteiger partial charge in [-0.25, -0.2) is 8.42 Å². The minimum Gasteiger partial charge on any atom is -0.352 e. The molecule has 0 saturated heterocycles. The van der Waals surface area contributed by atoms with Crippen molar-refractivity contribution in [3.05, 3.63) is 99.5 Å². The lowest BCUT2D eigenvalue weighted by Gasteiger charge is -2.34. The van der Waals surface area contributed by atoms with Gasteiger partial charge in [0.1, 0.15) is 12.6 Å². The van der Waals surface area contributed by atoms with Crippen LogP contribution in [-0.4, -0.2) is 50.0 Å². The Hall–Kier alpha value is -3.17. The van der Waals surface area contributed by atoms with E-state index in [-0.39, 0.29) is 24.9 Å². The number of benzene rings is 3. The molecule has 9 heteroatoms. The molecule has 0 radical (unpaired) electrons. The van der Waals surface area contributed by atoms with Gasteiger partial charge in [-0.1, -0.05) is 83.0 Å². The molecule has 0 bridgehead atoms. The third-order valence-electron chi connectivity index (χ3n) is 6.85. The number of aryl methyl sites for hydroxylation is 2. The number of carbonyl (C=O) groups is 2. The zero-order chi connectivity index (χ0) is 29.4. The first-order valence-electron chi connectivity index (χ1n) is 13.3. The number of amides is 2. The fraction of sp³-hybridized carbons (Fsp3) is 0.355. The van der Waals surface area contributed by atoms with Gasteiger partial charge >= 0.3 is 0 Å². The highest BCUT2D eigenvalue weighted by Crippen LogP contribution is 2.25. The number of hydrogen-bond donors (Lipinski definition) is 1. The summed E-state index contributed by atoms with van der Waals surface area (Å²) in [5, 5.41) is 3.04. The Morgan fingerprint density at radius 2 is 1.60 bits per heavy atom. The second kappa shape index (κ2) is 13.9. The maximum atomic E-state index is 14.1. The molecule has 214 valence electrons. The van der Waals surface area contributed by atoms with Crippen LogP contribution >= 0.6 is 15.9 Å². The van der Waals surface area contributed by atoms with Crippen LogP contribution in [0.3, 0.4) is 0 Å². The van der Waals surface area contributed by atoms with E-state index in [0.29, 0.717) is 5.69 Å². The molecule has 3 aromatic carbocycles. The normalized spacial score (nSPS) is 12.8. The molecule has 40 heavy (non-hydrogen) atoms. The Balaban J connectivity index is 2.06. The number of halogens is 1. The number of rotatable bonds is 12. The molecule has 0 aliphatic carbocycles. The Morgan fingerprint density at radius 1 is 0.950 bits per heavy atom. The van der Waals surface area contributed by atoms with Crippen molar-refractivity contribution in [1.29, 1.82) is 0 Å². The van der Waals surface area contributed by atoms with Gasteiger partial charge in [-0.3, -0.25) is 13.9 Å². The first kappa shape index (κ1) is 31.4. The molecule has 2 atom stereocenters. The van der Waals surface area contributed by atoms with Gasteiger partial charge in [0, 0.05) is 23.5 Å². The summed E-state index contributed by atoms with van der Waals surface area (Å²) in [5.74, 6) is -0.740. The molecule has 2 amide bonds. The van der Waals surface area contributed by atoms with E-state index in [1.807, 2.05) is 82.3 Å². The molecule has 7 nitrogen and oxygen atoms in total. The first-order chi connectivity index (χ1) is 18.9. The quantitative estimate of drug-likeness (QED) is 0.292. The molecule has 0 heterocycles. The number of nitrogens with one attached hydrogen (secondary N) is 1. The molecule has 2 unspecified atom stereocenters. The van der Waals surface area contributed by atoms with Crippen LogP contribution in [0.15, 0.2) is 77.3 Å². The van der Waals surface area contributed by atoms with E-state index in [1.54, 1.807) is 18.2 Å². The highest BCUT2D eigenvalue weighted by molar-refractivity contribution is 9.10. The van der Waals surface area contributed by atoms with Crippen molar-refractivity contribution in [2.75, 3.05) is 17.1 Å². The van der Waals surface area contributed by atoms with Crippen molar-refractivity contribution in [1.82, 2.24) is 10.2 Å². The number of nitrogens with zero attached hydrogens (tertiary/aromatic N) is 2. The second-order valence-corrected chi connectivity index (χ2v) is 13.0. The maximum absolute atomic E-state index is 14.1. The molecule has 3 rings (SSSR count). The molecule has 0 aliphatic rings. The Bertz CT molecular complexity index is 1410. The maximum Gasteiger partial charge on any atom is 0.244 e. The largest absolute Gasteiger partial charge is 0.352 e. The summed E-state index contributed by atoms with van der Waals surface area (Å²) in [6.45, 7) is 7.46. The van der Waals surface area contributed by atoms with Gasteiger partial charge in [0.25, 0.3) is 0 Å². The summed E-state index contributed by atoms with van der Waals surface area (Å²) in [6, 6.07) is 21.5. The van der Waals surface area contributed by atoms with Gasteiger partial charge in [-0.2, -0.15) is 0 Å². The van der Waals surface area contributed by atoms with Crippen LogP contribution in [0.2, 0.25) is 0 Å². The Morgan fingerprint density at radius 3 is 2.17 bits per heavy atom. The van der Waals surface area contributed by atoms with Gasteiger partial charge in [0.15, 0.2) is 0 Å². The van der Waals surface area contributed by atoms with E-state index in [2.05, 4.69) is 21.2 Å². The lowest BCUT2D eigenvalue weighted by Crippen LogP contribution is -2.54. The van der Waals surface area contributed by atoms with Gasteiger partial charge in [0.05, 0.1) is 11.9 Å². The molecule has 0 aromatic heterocycles. The van der Waals surface area contributed by atoms with Gasteiger partial charge in [-0.05, 0) is 62.1 Å². The summed E-state index contributed by atoms with van der Waals surface area (Å²) >= 11 is 3.45. The topological polar surface area (TPSA) is 86.8 Å². The van der Waals surface area contributed by atoms with E-state index >= 15 is 0 Å². The van der Waals surface area contributed by atoms with E-state index in [0.717, 1.165) is 43.7 Å². The zero-order valence-electron chi connectivity index (χ0n) is 23.7. The lowest BCUT2D eigenvalue weighted by atomic mass is 10.0. The summed E-state index contributed by atoms with van der Waals surface area (Å²) < 4.78 is 27.8. The number of anilines is 1. The van der Waals surface area contributed by atoms with E-state index in [1.165, 1.54) is 4.90 Å². The average molecular weight is 629 g/mol. The van der Waals surface area contributed by atoms with Crippen LogP contribution in [0.25, 0.3) is 0 Å². The van der Waals surface area contributed by atoms with Crippen molar-refractivity contribution in [3.63, 3.8) is 0 Å². The Labute approximate surface area is 246 Å². The minimum absolute atomic E-state index is 0.0830. The lowest BCUT2D eigenvalue weighted by molar-refractivity contribution is -0.140. The van der Waals surface area contributed by atoms with Crippen molar-refractivity contribution < 1.29 is 18.0 Å². The van der Waals surface area contributed by atoms with E-state index in [9.17, 15) is 18.0 Å². The first-order valence-corrected chi connectivity index (χ1v) is 16.0. The van der Waals surface area contributed by atoms with Crippen molar-refractivity contribution >= 4 is 43.5 Å². The predicted octanol–water partition coefficient (Wildman–Crippen LogP) is 5.39. The fourth-order valence-corrected chi connectivity index (χ4v) is 5.37. The molecule has 1 N–H and O–H groups in total. The van der Waals surface area contributed by atoms with Crippen LogP contribution in [0, 0.1) is 13.8 Å². The standard InChI is InChI=1S/C31H38BrN3O4S/c1-6-24(4)33-31(37)29(19-25-10-8-7-9-11-25)34(20-26-14-12-22(2)13-15-26)30(36)21-35(40(5,38)39)27-16-17-28(32)23(3)18-27/h7-18,24,29H,6,19-21H2,1-5H3,(H,33,37). The minimum atomic E-state index is -3.81. The molecule has 3 aromatic rings. The third-order valence-corrected chi connectivity index (χ3v) is 8.88. The molecular formula is C31H38BrN3O4S. The molecule has 0 aliphatic heterocycles. The summed E-state index contributed by atoms with van der Waals surface area (Å²) in [6.07, 6.45) is 2.11. The van der Waals surface area contributed by atoms with Crippen LogP contribution < -0.4 is 9.62 Å². The highest BCUT2D eigenvalue weighted by Gasteiger charge is 2.33. The predicted molar refractivity (Wildman–Crippen MR) is 165 cm³/mol. The van der Waals surface area contributed by atoms with Crippen molar-refractivity contribution in [3.8, 4) is 0 Å². The summed E-state index contributed by atoms with van der Waals surface area (Å²) in [7, 11) is -3.81. The van der Waals surface area contributed by atoms with Crippen LogP contribution in [0.4, 0.5) is 5.69 Å². The van der Waals surface area contributed by atoms with Crippen molar-refractivity contribution in [2.45, 2.75) is 59.2 Å². The second-order valence-electron chi connectivity index (χ2n) is 10.2. The zero-order valence-corrected chi connectivity index (χ0v) is 26.1. The molecule has 0 spiro atoms. The third kappa shape index (κ3) is 8.66. The Kier molecular flexibility index (Phi) is 10.9. The van der Waals surface area contributed by atoms with Crippen LogP contribution in [0.5, 0.6) is 0 Å². The number of sulfonamides is 1. The van der Waals surface area contributed by atoms with E-state index in [4.69, 9.17) is 0 Å².